The average molecular weight is 358 g/mol. The lowest BCUT2D eigenvalue weighted by atomic mass is 10.1. The van der Waals surface area contributed by atoms with E-state index in [9.17, 15) is 14.9 Å². The van der Waals surface area contributed by atoms with Gasteiger partial charge in [-0.2, -0.15) is 5.26 Å². The van der Waals surface area contributed by atoms with Gasteiger partial charge in [-0.1, -0.05) is 48.0 Å². The molecule has 3 amide bonds. The number of urea groups is 1. The van der Waals surface area contributed by atoms with Crippen LogP contribution in [0, 0.1) is 18.3 Å². The van der Waals surface area contributed by atoms with Gasteiger partial charge < -0.3 is 10.3 Å². The molecule has 27 heavy (non-hydrogen) atoms. The molecule has 134 valence electrons. The summed E-state index contributed by atoms with van der Waals surface area (Å²) in [6, 6.07) is 16.8. The van der Waals surface area contributed by atoms with E-state index in [1.165, 1.54) is 11.6 Å². The second-order valence-electron chi connectivity index (χ2n) is 6.21. The summed E-state index contributed by atoms with van der Waals surface area (Å²) in [6.45, 7) is 2.70. The molecule has 0 fully saturated rings. The van der Waals surface area contributed by atoms with Crippen LogP contribution in [0.25, 0.3) is 17.0 Å². The van der Waals surface area contributed by atoms with Crippen LogP contribution in [0.5, 0.6) is 0 Å². The largest absolute Gasteiger partial charge is 0.351 e. The van der Waals surface area contributed by atoms with Crippen LogP contribution in [0.3, 0.4) is 0 Å². The Morgan fingerprint density at radius 2 is 2.00 bits per heavy atom. The molecule has 0 aliphatic carbocycles. The first-order valence-electron chi connectivity index (χ1n) is 8.34. The molecule has 0 aliphatic heterocycles. The standard InChI is InChI=1S/C21H18N4O2/c1-14-5-4-6-15(9-14)12-25-13-17(18-7-2-3-8-19(18)25)10-16(11-22)20(26)24-21(23)27/h2-10,13H,12H2,1H3,(H3,23,24,26,27)/b16-10-. The van der Waals surface area contributed by atoms with Crippen LogP contribution in [0.2, 0.25) is 0 Å². The number of hydrogen-bond donors (Lipinski definition) is 2. The molecule has 0 spiro atoms. The van der Waals surface area contributed by atoms with E-state index in [0.717, 1.165) is 22.0 Å². The van der Waals surface area contributed by atoms with Crippen LogP contribution in [0.4, 0.5) is 4.79 Å². The average Bonchev–Trinajstić information content (AvgIpc) is 2.96. The van der Waals surface area contributed by atoms with E-state index in [1.54, 1.807) is 0 Å². The van der Waals surface area contributed by atoms with Crippen LogP contribution in [-0.4, -0.2) is 16.5 Å². The highest BCUT2D eigenvalue weighted by Gasteiger charge is 2.13. The number of rotatable bonds is 4. The summed E-state index contributed by atoms with van der Waals surface area (Å²) in [5.41, 5.74) is 8.80. The Hall–Kier alpha value is -3.85. The number of nitrogens with one attached hydrogen (secondary N) is 1. The third kappa shape index (κ3) is 4.05. The molecule has 6 nitrogen and oxygen atoms in total. The zero-order chi connectivity index (χ0) is 19.4. The lowest BCUT2D eigenvalue weighted by Crippen LogP contribution is -2.35. The monoisotopic (exact) mass is 358 g/mol. The molecule has 0 radical (unpaired) electrons. The minimum absolute atomic E-state index is 0.188. The molecule has 6 heteroatoms. The summed E-state index contributed by atoms with van der Waals surface area (Å²) >= 11 is 0. The van der Waals surface area contributed by atoms with Gasteiger partial charge >= 0.3 is 6.03 Å². The predicted molar refractivity (Wildman–Crippen MR) is 104 cm³/mol. The van der Waals surface area contributed by atoms with Gasteiger partial charge in [0.25, 0.3) is 5.91 Å². The molecule has 1 aromatic heterocycles. The summed E-state index contributed by atoms with van der Waals surface area (Å²) in [5, 5.41) is 12.1. The molecule has 0 saturated carbocycles. The van der Waals surface area contributed by atoms with Crippen molar-refractivity contribution in [3.05, 3.63) is 77.0 Å². The fourth-order valence-electron chi connectivity index (χ4n) is 3.01. The zero-order valence-electron chi connectivity index (χ0n) is 14.8. The van der Waals surface area contributed by atoms with Gasteiger partial charge in [0.05, 0.1) is 0 Å². The highest BCUT2D eigenvalue weighted by Crippen LogP contribution is 2.24. The minimum Gasteiger partial charge on any atom is -0.351 e. The molecule has 0 unspecified atom stereocenters. The number of benzene rings is 2. The second-order valence-corrected chi connectivity index (χ2v) is 6.21. The maximum atomic E-state index is 12.0. The smallest absolute Gasteiger partial charge is 0.319 e. The molecule has 3 rings (SSSR count). The Kier molecular flexibility index (Phi) is 5.04. The van der Waals surface area contributed by atoms with Crippen molar-refractivity contribution in [3.8, 4) is 6.07 Å². The Balaban J connectivity index is 2.04. The van der Waals surface area contributed by atoms with E-state index in [2.05, 4.69) is 16.7 Å². The highest BCUT2D eigenvalue weighted by atomic mass is 16.2. The molecule has 0 atom stereocenters. The number of aryl methyl sites for hydroxylation is 1. The molecule has 0 saturated heterocycles. The number of para-hydroxylation sites is 1. The number of nitrogens with two attached hydrogens (primary N) is 1. The first kappa shape index (κ1) is 18.0. The lowest BCUT2D eigenvalue weighted by molar-refractivity contribution is -0.115. The van der Waals surface area contributed by atoms with Crippen LogP contribution >= 0.6 is 0 Å². The van der Waals surface area contributed by atoms with E-state index in [-0.39, 0.29) is 5.57 Å². The first-order valence-corrected chi connectivity index (χ1v) is 8.34. The Bertz CT molecular complexity index is 1100. The predicted octanol–water partition coefficient (Wildman–Crippen LogP) is 3.10. The number of primary amides is 1. The van der Waals surface area contributed by atoms with Crippen molar-refractivity contribution < 1.29 is 9.59 Å². The second kappa shape index (κ2) is 7.58. The van der Waals surface area contributed by atoms with E-state index >= 15 is 0 Å². The Labute approximate surface area is 156 Å². The molecule has 2 aromatic carbocycles. The van der Waals surface area contributed by atoms with Crippen LogP contribution in [0.1, 0.15) is 16.7 Å². The van der Waals surface area contributed by atoms with Crippen molar-refractivity contribution >= 4 is 28.9 Å². The van der Waals surface area contributed by atoms with Crippen molar-refractivity contribution in [2.24, 2.45) is 5.73 Å². The first-order chi connectivity index (χ1) is 13.0. The number of hydrogen-bond acceptors (Lipinski definition) is 3. The highest BCUT2D eigenvalue weighted by molar-refractivity contribution is 6.09. The van der Waals surface area contributed by atoms with E-state index in [1.807, 2.05) is 60.9 Å². The van der Waals surface area contributed by atoms with Crippen molar-refractivity contribution in [1.29, 1.82) is 5.26 Å². The zero-order valence-corrected chi connectivity index (χ0v) is 14.8. The number of imide groups is 1. The van der Waals surface area contributed by atoms with E-state index in [0.29, 0.717) is 6.54 Å². The number of nitrogens with zero attached hydrogens (tertiary/aromatic N) is 2. The van der Waals surface area contributed by atoms with Gasteiger partial charge in [0, 0.05) is 29.2 Å². The van der Waals surface area contributed by atoms with Gasteiger partial charge in [0.2, 0.25) is 0 Å². The Morgan fingerprint density at radius 1 is 1.22 bits per heavy atom. The number of carbonyl (C=O) groups is 2. The van der Waals surface area contributed by atoms with Crippen LogP contribution in [-0.2, 0) is 11.3 Å². The SMILES string of the molecule is Cc1cccc(Cn2cc(/C=C(/C#N)C(=O)NC(N)=O)c3ccccc32)c1. The summed E-state index contributed by atoms with van der Waals surface area (Å²) in [4.78, 5) is 22.8. The maximum Gasteiger partial charge on any atom is 0.319 e. The topological polar surface area (TPSA) is 101 Å². The summed E-state index contributed by atoms with van der Waals surface area (Å²) in [7, 11) is 0. The quantitative estimate of drug-likeness (QED) is 0.553. The van der Waals surface area contributed by atoms with Gasteiger partial charge in [-0.3, -0.25) is 10.1 Å². The lowest BCUT2D eigenvalue weighted by Gasteiger charge is -2.06. The molecule has 0 bridgehead atoms. The number of nitriles is 1. The van der Waals surface area contributed by atoms with Gasteiger partial charge in [-0.05, 0) is 24.6 Å². The fourth-order valence-corrected chi connectivity index (χ4v) is 3.01. The van der Waals surface area contributed by atoms with Gasteiger partial charge in [0.15, 0.2) is 0 Å². The van der Waals surface area contributed by atoms with Crippen molar-refractivity contribution in [3.63, 3.8) is 0 Å². The molecular formula is C21H18N4O2. The summed E-state index contributed by atoms with van der Waals surface area (Å²) in [6.07, 6.45) is 3.36. The van der Waals surface area contributed by atoms with Crippen molar-refractivity contribution in [1.82, 2.24) is 9.88 Å². The fraction of sp³-hybridized carbons (Fsp3) is 0.0952. The minimum atomic E-state index is -0.997. The van der Waals surface area contributed by atoms with Crippen LogP contribution in [0.15, 0.2) is 60.3 Å². The molecule has 1 heterocycles. The van der Waals surface area contributed by atoms with Crippen LogP contribution < -0.4 is 11.1 Å². The number of fused-ring (bicyclic) bond motifs is 1. The third-order valence-electron chi connectivity index (χ3n) is 4.16. The molecule has 0 aliphatic rings. The van der Waals surface area contributed by atoms with Gasteiger partial charge in [-0.15, -0.1) is 0 Å². The summed E-state index contributed by atoms with van der Waals surface area (Å²) < 4.78 is 2.07. The number of amides is 3. The number of aromatic nitrogens is 1. The van der Waals surface area contributed by atoms with E-state index in [4.69, 9.17) is 5.73 Å². The van der Waals surface area contributed by atoms with Crippen molar-refractivity contribution in [2.45, 2.75) is 13.5 Å². The summed E-state index contributed by atoms with van der Waals surface area (Å²) in [5.74, 6) is -0.819. The Morgan fingerprint density at radius 3 is 2.70 bits per heavy atom. The van der Waals surface area contributed by atoms with Gasteiger partial charge in [-0.25, -0.2) is 4.79 Å². The molecule has 3 N–H and O–H groups in total. The molecular weight excluding hydrogens is 340 g/mol. The third-order valence-corrected chi connectivity index (χ3v) is 4.16. The maximum absolute atomic E-state index is 12.0. The number of carbonyl (C=O) groups excluding carboxylic acids is 2. The van der Waals surface area contributed by atoms with E-state index < -0.39 is 11.9 Å². The van der Waals surface area contributed by atoms with Crippen molar-refractivity contribution in [2.75, 3.05) is 0 Å². The molecule has 3 aromatic rings. The normalized spacial score (nSPS) is 11.2. The van der Waals surface area contributed by atoms with Gasteiger partial charge in [0.1, 0.15) is 11.6 Å².